The van der Waals surface area contributed by atoms with Gasteiger partial charge in [-0.05, 0) is 70.8 Å². The predicted molar refractivity (Wildman–Crippen MR) is 231 cm³/mol. The van der Waals surface area contributed by atoms with Crippen LogP contribution >= 0.6 is 0 Å². The maximum atomic E-state index is 6.28. The van der Waals surface area contributed by atoms with Crippen molar-refractivity contribution in [1.29, 1.82) is 0 Å². The first kappa shape index (κ1) is 32.0. The lowest BCUT2D eigenvalue weighted by Crippen LogP contribution is -2.36. The largest absolute Gasteiger partial charge is 0.456 e. The molecule has 0 aliphatic carbocycles. The zero-order valence-electron chi connectivity index (χ0n) is 30.3. The van der Waals surface area contributed by atoms with Crippen molar-refractivity contribution in [2.75, 3.05) is 0 Å². The number of aliphatic imine (C=N–C) groups is 2. The van der Waals surface area contributed by atoms with Gasteiger partial charge < -0.3 is 14.3 Å². The standard InChI is InChI=1S/C51H34N4O/c1-3-13-33(14-4-1)35-17-11-18-38(29-35)50-52-49(34-15-5-2-6-16-34)53-51(54-50)39-19-12-20-40(30-39)55-45-23-9-7-21-41(45)42-27-25-36(31-46(42)55)37-26-28-44-43-22-8-10-24-47(43)56-48(44)32-37/h1-32,51H,(H,52,53,54). The molecule has 264 valence electrons. The van der Waals surface area contributed by atoms with Gasteiger partial charge in [0.2, 0.25) is 0 Å². The van der Waals surface area contributed by atoms with Gasteiger partial charge in [0.15, 0.2) is 6.17 Å². The van der Waals surface area contributed by atoms with Gasteiger partial charge in [-0.15, -0.1) is 0 Å². The van der Waals surface area contributed by atoms with Crippen LogP contribution < -0.4 is 5.32 Å². The molecular weight excluding hydrogens is 685 g/mol. The number of rotatable bonds is 6. The molecule has 10 aromatic rings. The predicted octanol–water partition coefficient (Wildman–Crippen LogP) is 12.5. The zero-order valence-corrected chi connectivity index (χ0v) is 30.3. The Morgan fingerprint density at radius 1 is 0.393 bits per heavy atom. The highest BCUT2D eigenvalue weighted by molar-refractivity contribution is 6.16. The Balaban J connectivity index is 1.04. The average molecular weight is 719 g/mol. The Morgan fingerprint density at radius 2 is 0.982 bits per heavy atom. The molecule has 5 heteroatoms. The van der Waals surface area contributed by atoms with Gasteiger partial charge in [-0.2, -0.15) is 0 Å². The van der Waals surface area contributed by atoms with E-state index in [1.54, 1.807) is 0 Å². The molecule has 11 rings (SSSR count). The molecule has 1 N–H and O–H groups in total. The Labute approximate surface area is 323 Å². The van der Waals surface area contributed by atoms with E-state index in [0.717, 1.165) is 89.3 Å². The van der Waals surface area contributed by atoms with Crippen LogP contribution in [0.2, 0.25) is 0 Å². The normalized spacial score (nSPS) is 14.2. The van der Waals surface area contributed by atoms with Crippen molar-refractivity contribution >= 4 is 55.4 Å². The number of para-hydroxylation sites is 2. The summed E-state index contributed by atoms with van der Waals surface area (Å²) in [6.07, 6.45) is -0.457. The zero-order chi connectivity index (χ0) is 37.0. The molecule has 0 fully saturated rings. The van der Waals surface area contributed by atoms with Crippen molar-refractivity contribution in [3.05, 3.63) is 211 Å². The van der Waals surface area contributed by atoms with Crippen LogP contribution in [-0.4, -0.2) is 16.2 Å². The molecule has 1 atom stereocenters. The fourth-order valence-corrected chi connectivity index (χ4v) is 8.12. The molecule has 3 heterocycles. The summed E-state index contributed by atoms with van der Waals surface area (Å²) in [5, 5.41) is 8.25. The van der Waals surface area contributed by atoms with Crippen LogP contribution in [0.25, 0.3) is 71.7 Å². The molecule has 0 amide bonds. The minimum absolute atomic E-state index is 0.457. The number of furan rings is 1. The summed E-state index contributed by atoms with van der Waals surface area (Å²) in [5.74, 6) is 1.58. The molecule has 1 unspecified atom stereocenters. The highest BCUT2D eigenvalue weighted by atomic mass is 16.3. The smallest absolute Gasteiger partial charge is 0.169 e. The Bertz CT molecular complexity index is 3170. The second kappa shape index (κ2) is 13.1. The number of nitrogens with zero attached hydrogens (tertiary/aromatic N) is 3. The molecule has 1 aliphatic heterocycles. The van der Waals surface area contributed by atoms with E-state index in [4.69, 9.17) is 14.4 Å². The van der Waals surface area contributed by atoms with Crippen LogP contribution in [0.15, 0.2) is 209 Å². The molecule has 8 aromatic carbocycles. The number of hydrogen-bond acceptors (Lipinski definition) is 4. The molecule has 0 saturated heterocycles. The Morgan fingerprint density at radius 3 is 1.82 bits per heavy atom. The topological polar surface area (TPSA) is 54.8 Å². The van der Waals surface area contributed by atoms with Gasteiger partial charge in [0, 0.05) is 43.9 Å². The molecule has 0 spiro atoms. The average Bonchev–Trinajstić information content (AvgIpc) is 3.82. The third kappa shape index (κ3) is 5.48. The van der Waals surface area contributed by atoms with Crippen LogP contribution in [0.5, 0.6) is 0 Å². The van der Waals surface area contributed by atoms with Gasteiger partial charge in [-0.1, -0.05) is 146 Å². The van der Waals surface area contributed by atoms with Gasteiger partial charge in [-0.3, -0.25) is 0 Å². The van der Waals surface area contributed by atoms with Crippen LogP contribution in [0.3, 0.4) is 0 Å². The second-order valence-corrected chi connectivity index (χ2v) is 14.3. The van der Waals surface area contributed by atoms with Gasteiger partial charge in [0.1, 0.15) is 22.8 Å². The van der Waals surface area contributed by atoms with Crippen LogP contribution in [0, 0.1) is 0 Å². The molecular formula is C51H34N4O. The van der Waals surface area contributed by atoms with E-state index in [0.29, 0.717) is 0 Å². The summed E-state index contributed by atoms with van der Waals surface area (Å²) < 4.78 is 8.65. The maximum Gasteiger partial charge on any atom is 0.169 e. The quantitative estimate of drug-likeness (QED) is 0.186. The minimum atomic E-state index is -0.457. The SMILES string of the molecule is c1ccc(C2=NC(c3cccc(-n4c5ccccc5c5ccc(-c6ccc7c(c6)oc6ccccc67)cc54)c3)N=C(c3cccc(-c4ccccc4)c3)N2)cc1. The van der Waals surface area contributed by atoms with Gasteiger partial charge in [0.25, 0.3) is 0 Å². The first-order chi connectivity index (χ1) is 27.7. The van der Waals surface area contributed by atoms with Crippen molar-refractivity contribution < 1.29 is 4.42 Å². The first-order valence-electron chi connectivity index (χ1n) is 18.9. The molecule has 1 aliphatic rings. The van der Waals surface area contributed by atoms with Crippen molar-refractivity contribution in [2.45, 2.75) is 6.17 Å². The van der Waals surface area contributed by atoms with Gasteiger partial charge in [0.05, 0.1) is 11.0 Å². The lowest BCUT2D eigenvalue weighted by atomic mass is 10.0. The molecule has 56 heavy (non-hydrogen) atoms. The highest BCUT2D eigenvalue weighted by Gasteiger charge is 2.22. The van der Waals surface area contributed by atoms with E-state index in [1.165, 1.54) is 10.8 Å². The fraction of sp³-hybridized carbons (Fsp3) is 0.0196. The lowest BCUT2D eigenvalue weighted by molar-refractivity contribution is 0.669. The summed E-state index contributed by atoms with van der Waals surface area (Å²) in [6, 6.07) is 68.1. The van der Waals surface area contributed by atoms with Gasteiger partial charge >= 0.3 is 0 Å². The van der Waals surface area contributed by atoms with Crippen molar-refractivity contribution in [3.8, 4) is 27.9 Å². The third-order valence-electron chi connectivity index (χ3n) is 10.8. The van der Waals surface area contributed by atoms with E-state index in [2.05, 4.69) is 168 Å². The summed E-state index contributed by atoms with van der Waals surface area (Å²) in [7, 11) is 0. The molecule has 0 saturated carbocycles. The Hall–Kier alpha value is -7.50. The third-order valence-corrected chi connectivity index (χ3v) is 10.8. The fourth-order valence-electron chi connectivity index (χ4n) is 8.12. The van der Waals surface area contributed by atoms with Crippen molar-refractivity contribution in [3.63, 3.8) is 0 Å². The van der Waals surface area contributed by atoms with Crippen molar-refractivity contribution in [2.24, 2.45) is 9.98 Å². The van der Waals surface area contributed by atoms with E-state index >= 15 is 0 Å². The number of fused-ring (bicyclic) bond motifs is 6. The molecule has 5 nitrogen and oxygen atoms in total. The summed E-state index contributed by atoms with van der Waals surface area (Å²) in [4.78, 5) is 10.5. The maximum absolute atomic E-state index is 6.28. The highest BCUT2D eigenvalue weighted by Crippen LogP contribution is 2.38. The number of hydrogen-bond donors (Lipinski definition) is 1. The summed E-state index contributed by atoms with van der Waals surface area (Å²) >= 11 is 0. The van der Waals surface area contributed by atoms with E-state index in [9.17, 15) is 0 Å². The monoisotopic (exact) mass is 718 g/mol. The second-order valence-electron chi connectivity index (χ2n) is 14.3. The van der Waals surface area contributed by atoms with E-state index in [1.807, 2.05) is 36.4 Å². The van der Waals surface area contributed by atoms with E-state index < -0.39 is 6.17 Å². The Kier molecular flexibility index (Phi) is 7.49. The minimum Gasteiger partial charge on any atom is -0.456 e. The van der Waals surface area contributed by atoms with E-state index in [-0.39, 0.29) is 0 Å². The van der Waals surface area contributed by atoms with Crippen LogP contribution in [0.1, 0.15) is 22.9 Å². The number of aromatic nitrogens is 1. The summed E-state index contributed by atoms with van der Waals surface area (Å²) in [5.41, 5.74) is 12.7. The van der Waals surface area contributed by atoms with Crippen molar-refractivity contribution in [1.82, 2.24) is 9.88 Å². The van der Waals surface area contributed by atoms with Crippen LogP contribution in [-0.2, 0) is 0 Å². The van der Waals surface area contributed by atoms with Gasteiger partial charge in [-0.25, -0.2) is 9.98 Å². The molecule has 0 bridgehead atoms. The summed E-state index contributed by atoms with van der Waals surface area (Å²) in [6.45, 7) is 0. The number of nitrogens with one attached hydrogen (secondary N) is 1. The number of benzene rings is 8. The lowest BCUT2D eigenvalue weighted by Gasteiger charge is -2.23. The first-order valence-corrected chi connectivity index (χ1v) is 18.9. The molecule has 0 radical (unpaired) electrons. The number of amidine groups is 2. The van der Waals surface area contributed by atoms with Crippen LogP contribution in [0.4, 0.5) is 0 Å². The molecule has 2 aromatic heterocycles.